The second-order valence-corrected chi connectivity index (χ2v) is 9.99. The van der Waals surface area contributed by atoms with Crippen molar-refractivity contribution < 1.29 is 4.79 Å². The average Bonchev–Trinajstić information content (AvgIpc) is 3.25. The number of carbonyl (C=O) groups excluding carboxylic acids is 1. The first-order valence-corrected chi connectivity index (χ1v) is 12.7. The number of nitrogens with one attached hydrogen (secondary N) is 3. The molecule has 1 amide bonds. The third-order valence-corrected chi connectivity index (χ3v) is 6.82. The molecule has 2 aliphatic heterocycles. The molecule has 1 unspecified atom stereocenters. The summed E-state index contributed by atoms with van der Waals surface area (Å²) in [4.78, 5) is 22.5. The third-order valence-electron chi connectivity index (χ3n) is 5.99. The van der Waals surface area contributed by atoms with Gasteiger partial charge in [0, 0.05) is 49.5 Å². The zero-order valence-electron chi connectivity index (χ0n) is 20.0. The van der Waals surface area contributed by atoms with Gasteiger partial charge in [-0.05, 0) is 55.3 Å². The second kappa shape index (κ2) is 11.5. The van der Waals surface area contributed by atoms with Crippen LogP contribution in [0.3, 0.4) is 0 Å². The summed E-state index contributed by atoms with van der Waals surface area (Å²) in [6.45, 7) is 14.4. The Morgan fingerprint density at radius 1 is 1.29 bits per heavy atom. The Bertz CT molecular complexity index is 1070. The second-order valence-electron chi connectivity index (χ2n) is 8.76. The molecule has 1 aromatic carbocycles. The maximum atomic E-state index is 11.8. The number of hydrogen-bond donors (Lipinski definition) is 3. The Morgan fingerprint density at radius 2 is 2.09 bits per heavy atom. The van der Waals surface area contributed by atoms with Crippen LogP contribution in [-0.2, 0) is 4.79 Å². The molecule has 2 aliphatic rings. The van der Waals surface area contributed by atoms with Crippen LogP contribution >= 0.6 is 11.3 Å². The van der Waals surface area contributed by atoms with E-state index in [1.807, 2.05) is 24.4 Å². The van der Waals surface area contributed by atoms with Gasteiger partial charge in [-0.2, -0.15) is 0 Å². The molecule has 34 heavy (non-hydrogen) atoms. The molecule has 7 nitrogen and oxygen atoms in total. The maximum absolute atomic E-state index is 11.8. The summed E-state index contributed by atoms with van der Waals surface area (Å²) in [5, 5.41) is 10.8. The number of nitrogens with zero attached hydrogens (tertiary/aromatic N) is 3. The van der Waals surface area contributed by atoms with Crippen LogP contribution in [-0.4, -0.2) is 60.0 Å². The minimum absolute atomic E-state index is 0.0227. The van der Waals surface area contributed by atoms with E-state index in [4.69, 9.17) is 0 Å². The first-order valence-electron chi connectivity index (χ1n) is 11.9. The van der Waals surface area contributed by atoms with Crippen molar-refractivity contribution in [1.29, 1.82) is 0 Å². The van der Waals surface area contributed by atoms with Crippen LogP contribution in [0, 0.1) is 6.92 Å². The molecule has 0 spiro atoms. The SMILES string of the molecule is C=CC(=O)Nc1cccc(C2C=C(CN3CCN(CCC)CC3)C=C(Nc3ncc(C)s3)N2)c1. The van der Waals surface area contributed by atoms with Crippen LogP contribution in [0.1, 0.15) is 29.8 Å². The molecule has 1 fully saturated rings. The summed E-state index contributed by atoms with van der Waals surface area (Å²) in [6, 6.07) is 7.92. The Balaban J connectivity index is 1.52. The largest absolute Gasteiger partial charge is 0.361 e. The predicted octanol–water partition coefficient (Wildman–Crippen LogP) is 4.13. The Morgan fingerprint density at radius 3 is 2.79 bits per heavy atom. The van der Waals surface area contributed by atoms with Crippen LogP contribution in [0.25, 0.3) is 0 Å². The number of piperazine rings is 1. The fraction of sp³-hybridized carbons (Fsp3) is 0.385. The van der Waals surface area contributed by atoms with Crippen molar-refractivity contribution in [2.45, 2.75) is 26.3 Å². The summed E-state index contributed by atoms with van der Waals surface area (Å²) in [5.74, 6) is 0.718. The van der Waals surface area contributed by atoms with Gasteiger partial charge in [-0.15, -0.1) is 11.3 Å². The molecule has 8 heteroatoms. The zero-order chi connectivity index (χ0) is 23.9. The summed E-state index contributed by atoms with van der Waals surface area (Å²) in [6.07, 6.45) is 8.84. The van der Waals surface area contributed by atoms with E-state index in [0.29, 0.717) is 0 Å². The fourth-order valence-electron chi connectivity index (χ4n) is 4.32. The minimum Gasteiger partial charge on any atom is -0.361 e. The van der Waals surface area contributed by atoms with Crippen LogP contribution in [0.5, 0.6) is 0 Å². The molecule has 180 valence electrons. The lowest BCUT2D eigenvalue weighted by Gasteiger charge is -2.35. The van der Waals surface area contributed by atoms with Gasteiger partial charge in [-0.1, -0.05) is 31.7 Å². The van der Waals surface area contributed by atoms with Crippen molar-refractivity contribution in [3.05, 3.63) is 77.1 Å². The van der Waals surface area contributed by atoms with E-state index in [1.54, 1.807) is 11.3 Å². The minimum atomic E-state index is -0.214. The molecular formula is C26H34N6OS. The van der Waals surface area contributed by atoms with Crippen molar-refractivity contribution in [1.82, 2.24) is 20.1 Å². The van der Waals surface area contributed by atoms with E-state index in [0.717, 1.165) is 54.9 Å². The van der Waals surface area contributed by atoms with Crippen molar-refractivity contribution in [3.8, 4) is 0 Å². The number of benzene rings is 1. The fourth-order valence-corrected chi connectivity index (χ4v) is 5.00. The Hall–Kier alpha value is -2.94. The van der Waals surface area contributed by atoms with Gasteiger partial charge in [-0.3, -0.25) is 9.69 Å². The lowest BCUT2D eigenvalue weighted by molar-refractivity contribution is -0.111. The summed E-state index contributed by atoms with van der Waals surface area (Å²) in [5.41, 5.74) is 3.10. The van der Waals surface area contributed by atoms with E-state index in [9.17, 15) is 4.79 Å². The number of hydrogen-bond acceptors (Lipinski definition) is 7. The molecule has 0 saturated carbocycles. The van der Waals surface area contributed by atoms with Crippen molar-refractivity contribution >= 4 is 28.1 Å². The highest BCUT2D eigenvalue weighted by atomic mass is 32.1. The number of carbonyl (C=O) groups is 1. The zero-order valence-corrected chi connectivity index (χ0v) is 20.8. The predicted molar refractivity (Wildman–Crippen MR) is 141 cm³/mol. The monoisotopic (exact) mass is 478 g/mol. The molecule has 0 aliphatic carbocycles. The lowest BCUT2D eigenvalue weighted by Crippen LogP contribution is -2.47. The van der Waals surface area contributed by atoms with Crippen molar-refractivity contribution in [2.75, 3.05) is 49.9 Å². The topological polar surface area (TPSA) is 72.5 Å². The van der Waals surface area contributed by atoms with Gasteiger partial charge >= 0.3 is 0 Å². The number of thiazole rings is 1. The number of rotatable bonds is 9. The lowest BCUT2D eigenvalue weighted by atomic mass is 9.99. The molecule has 0 bridgehead atoms. The normalized spacial score (nSPS) is 19.1. The summed E-state index contributed by atoms with van der Waals surface area (Å²) < 4.78 is 0. The molecule has 3 heterocycles. The van der Waals surface area contributed by atoms with Crippen LogP contribution in [0.2, 0.25) is 0 Å². The maximum Gasteiger partial charge on any atom is 0.247 e. The van der Waals surface area contributed by atoms with E-state index >= 15 is 0 Å². The van der Waals surface area contributed by atoms with Gasteiger partial charge in [0.25, 0.3) is 0 Å². The summed E-state index contributed by atoms with van der Waals surface area (Å²) in [7, 11) is 0. The first-order chi connectivity index (χ1) is 16.5. The molecule has 4 rings (SSSR count). The van der Waals surface area contributed by atoms with Gasteiger partial charge in [0.05, 0.1) is 6.04 Å². The molecular weight excluding hydrogens is 444 g/mol. The molecule has 1 atom stereocenters. The van der Waals surface area contributed by atoms with Crippen LogP contribution in [0.4, 0.5) is 10.8 Å². The number of anilines is 2. The van der Waals surface area contributed by atoms with Crippen molar-refractivity contribution in [3.63, 3.8) is 0 Å². The van der Waals surface area contributed by atoms with Crippen LogP contribution < -0.4 is 16.0 Å². The van der Waals surface area contributed by atoms with Crippen LogP contribution in [0.15, 0.2) is 66.7 Å². The van der Waals surface area contributed by atoms with Crippen molar-refractivity contribution in [2.24, 2.45) is 0 Å². The molecule has 1 aromatic heterocycles. The van der Waals surface area contributed by atoms with E-state index < -0.39 is 0 Å². The number of aromatic nitrogens is 1. The smallest absolute Gasteiger partial charge is 0.247 e. The first kappa shape index (κ1) is 24.2. The van der Waals surface area contributed by atoms with Gasteiger partial charge in [0.1, 0.15) is 5.82 Å². The highest BCUT2D eigenvalue weighted by molar-refractivity contribution is 7.15. The molecule has 1 saturated heterocycles. The average molecular weight is 479 g/mol. The number of dihydropyridines is 1. The highest BCUT2D eigenvalue weighted by Crippen LogP contribution is 2.27. The Kier molecular flexibility index (Phi) is 8.16. The van der Waals surface area contributed by atoms with E-state index in [1.165, 1.54) is 29.5 Å². The van der Waals surface area contributed by atoms with E-state index in [2.05, 4.69) is 69.4 Å². The van der Waals surface area contributed by atoms with Gasteiger partial charge in [-0.25, -0.2) is 4.98 Å². The quantitative estimate of drug-likeness (QED) is 0.471. The Labute approximate surface area is 206 Å². The summed E-state index contributed by atoms with van der Waals surface area (Å²) >= 11 is 1.64. The van der Waals surface area contributed by atoms with E-state index in [-0.39, 0.29) is 11.9 Å². The van der Waals surface area contributed by atoms with Gasteiger partial charge in [0.15, 0.2) is 5.13 Å². The molecule has 2 aromatic rings. The van der Waals surface area contributed by atoms with Gasteiger partial charge in [0.2, 0.25) is 5.91 Å². The molecule has 3 N–H and O–H groups in total. The highest BCUT2D eigenvalue weighted by Gasteiger charge is 2.21. The van der Waals surface area contributed by atoms with Gasteiger partial charge < -0.3 is 20.9 Å². The molecule has 0 radical (unpaired) electrons. The number of aryl methyl sites for hydroxylation is 1. The standard InChI is InChI=1S/C26H34N6OS/c1-4-9-31-10-12-32(13-11-31)18-20-14-23(21-7-6-8-22(16-21)28-25(33)5-2)29-24(15-20)30-26-27-17-19(3)34-26/h5-8,14-17,23,29H,2,4,9-13,18H2,1,3H3,(H,27,30)(H,28,33). The number of amides is 1. The third kappa shape index (κ3) is 6.56.